The molecule has 32 heavy (non-hydrogen) atoms. The number of rotatable bonds is 5. The Morgan fingerprint density at radius 3 is 2.53 bits per heavy atom. The zero-order valence-electron chi connectivity index (χ0n) is 18.2. The largest absolute Gasteiger partial charge is 0.497 e. The molecule has 2 saturated heterocycles. The molecule has 0 bridgehead atoms. The molecule has 0 radical (unpaired) electrons. The van der Waals surface area contributed by atoms with Crippen LogP contribution in [0.1, 0.15) is 12.0 Å². The fourth-order valence-electron chi connectivity index (χ4n) is 4.55. The summed E-state index contributed by atoms with van der Waals surface area (Å²) in [5, 5.41) is 0. The van der Waals surface area contributed by atoms with Gasteiger partial charge in [-0.3, -0.25) is 14.5 Å². The second-order valence-electron chi connectivity index (χ2n) is 8.39. The van der Waals surface area contributed by atoms with Gasteiger partial charge in [-0.25, -0.2) is 0 Å². The van der Waals surface area contributed by atoms with Gasteiger partial charge in [0.15, 0.2) is 11.5 Å². The van der Waals surface area contributed by atoms with Crippen LogP contribution in [0.5, 0.6) is 17.2 Å². The molecule has 1 atom stereocenters. The molecule has 2 aromatic rings. The van der Waals surface area contributed by atoms with Crippen LogP contribution in [0.4, 0.5) is 5.69 Å². The van der Waals surface area contributed by atoms with Crippen LogP contribution in [0.15, 0.2) is 42.5 Å². The molecule has 5 rings (SSSR count). The van der Waals surface area contributed by atoms with Gasteiger partial charge in [0.05, 0.1) is 13.0 Å². The number of hydrogen-bond donors (Lipinski definition) is 0. The van der Waals surface area contributed by atoms with E-state index in [2.05, 4.69) is 17.0 Å². The number of methoxy groups -OCH3 is 1. The molecule has 0 aliphatic carbocycles. The van der Waals surface area contributed by atoms with Gasteiger partial charge in [0.25, 0.3) is 0 Å². The van der Waals surface area contributed by atoms with Gasteiger partial charge in [0.2, 0.25) is 18.6 Å². The first-order valence-electron chi connectivity index (χ1n) is 10.9. The Bertz CT molecular complexity index is 1000. The molecule has 2 amide bonds. The minimum atomic E-state index is -0.305. The molecule has 3 heterocycles. The second-order valence-corrected chi connectivity index (χ2v) is 8.39. The number of piperazine rings is 1. The van der Waals surface area contributed by atoms with E-state index in [-0.39, 0.29) is 30.9 Å². The highest BCUT2D eigenvalue weighted by Crippen LogP contribution is 2.37. The Morgan fingerprint density at radius 2 is 1.78 bits per heavy atom. The number of fused-ring (bicyclic) bond motifs is 1. The fraction of sp³-hybridized carbons (Fsp3) is 0.417. The van der Waals surface area contributed by atoms with Crippen LogP contribution in [0.25, 0.3) is 0 Å². The van der Waals surface area contributed by atoms with Crippen LogP contribution in [-0.4, -0.2) is 68.2 Å². The zero-order valence-corrected chi connectivity index (χ0v) is 18.2. The number of ether oxygens (including phenoxy) is 3. The summed E-state index contributed by atoms with van der Waals surface area (Å²) in [6.45, 7) is 4.47. The highest BCUT2D eigenvalue weighted by Gasteiger charge is 2.38. The lowest BCUT2D eigenvalue weighted by atomic mass is 10.1. The first-order valence-corrected chi connectivity index (χ1v) is 10.9. The summed E-state index contributed by atoms with van der Waals surface area (Å²) >= 11 is 0. The van der Waals surface area contributed by atoms with Crippen LogP contribution in [-0.2, 0) is 16.1 Å². The van der Waals surface area contributed by atoms with E-state index < -0.39 is 0 Å². The molecule has 3 aliphatic rings. The lowest BCUT2D eigenvalue weighted by Gasteiger charge is -2.36. The Labute approximate surface area is 187 Å². The molecule has 8 heteroatoms. The molecular weight excluding hydrogens is 410 g/mol. The van der Waals surface area contributed by atoms with Crippen molar-refractivity contribution < 1.29 is 23.8 Å². The fourth-order valence-corrected chi connectivity index (χ4v) is 4.55. The zero-order chi connectivity index (χ0) is 22.1. The van der Waals surface area contributed by atoms with Crippen molar-refractivity contribution in [2.45, 2.75) is 13.0 Å². The van der Waals surface area contributed by atoms with Gasteiger partial charge in [-0.1, -0.05) is 12.1 Å². The maximum Gasteiger partial charge on any atom is 0.231 e. The highest BCUT2D eigenvalue weighted by molar-refractivity contribution is 6.00. The van der Waals surface area contributed by atoms with Gasteiger partial charge in [0.1, 0.15) is 5.75 Å². The third-order valence-corrected chi connectivity index (χ3v) is 6.39. The lowest BCUT2D eigenvalue weighted by Crippen LogP contribution is -2.50. The molecule has 0 saturated carbocycles. The quantitative estimate of drug-likeness (QED) is 0.714. The third kappa shape index (κ3) is 4.10. The molecular formula is C24H27N3O5. The van der Waals surface area contributed by atoms with Gasteiger partial charge < -0.3 is 24.0 Å². The molecule has 3 aliphatic heterocycles. The summed E-state index contributed by atoms with van der Waals surface area (Å²) in [6.07, 6.45) is 0.249. The van der Waals surface area contributed by atoms with Crippen molar-refractivity contribution in [3.05, 3.63) is 48.0 Å². The van der Waals surface area contributed by atoms with E-state index in [0.29, 0.717) is 31.1 Å². The Morgan fingerprint density at radius 1 is 1.03 bits per heavy atom. The van der Waals surface area contributed by atoms with E-state index in [4.69, 9.17) is 14.2 Å². The van der Waals surface area contributed by atoms with E-state index >= 15 is 0 Å². The molecule has 168 valence electrons. The van der Waals surface area contributed by atoms with Crippen molar-refractivity contribution in [3.63, 3.8) is 0 Å². The van der Waals surface area contributed by atoms with Gasteiger partial charge in [0, 0.05) is 57.4 Å². The van der Waals surface area contributed by atoms with Crippen molar-refractivity contribution in [1.82, 2.24) is 9.80 Å². The topological polar surface area (TPSA) is 71.6 Å². The molecule has 1 unspecified atom stereocenters. The Balaban J connectivity index is 1.15. The second kappa shape index (κ2) is 8.70. The highest BCUT2D eigenvalue weighted by atomic mass is 16.7. The predicted octanol–water partition coefficient (Wildman–Crippen LogP) is 2.12. The van der Waals surface area contributed by atoms with Crippen LogP contribution >= 0.6 is 0 Å². The summed E-state index contributed by atoms with van der Waals surface area (Å²) < 4.78 is 16.0. The predicted molar refractivity (Wildman–Crippen MR) is 118 cm³/mol. The van der Waals surface area contributed by atoms with Crippen molar-refractivity contribution in [2.75, 3.05) is 51.5 Å². The average molecular weight is 437 g/mol. The molecule has 0 N–H and O–H groups in total. The number of amides is 2. The molecule has 0 spiro atoms. The molecule has 0 aromatic heterocycles. The van der Waals surface area contributed by atoms with Crippen LogP contribution < -0.4 is 19.1 Å². The summed E-state index contributed by atoms with van der Waals surface area (Å²) in [5.41, 5.74) is 1.98. The van der Waals surface area contributed by atoms with E-state index in [0.717, 1.165) is 31.1 Å². The van der Waals surface area contributed by atoms with Crippen molar-refractivity contribution >= 4 is 17.5 Å². The number of hydrogen-bond acceptors (Lipinski definition) is 6. The first-order chi connectivity index (χ1) is 15.6. The summed E-state index contributed by atoms with van der Waals surface area (Å²) in [6, 6.07) is 13.6. The van der Waals surface area contributed by atoms with Crippen LogP contribution in [0.3, 0.4) is 0 Å². The first kappa shape index (κ1) is 20.6. The van der Waals surface area contributed by atoms with E-state index in [1.165, 1.54) is 5.56 Å². The SMILES string of the molecule is COc1ccc(CN2CCN(C(=O)C3CC(=O)N(c4ccc5c(c4)OCO5)C3)CC2)cc1. The summed E-state index contributed by atoms with van der Waals surface area (Å²) in [7, 11) is 1.66. The summed E-state index contributed by atoms with van der Waals surface area (Å²) in [4.78, 5) is 31.7. The van der Waals surface area contributed by atoms with E-state index in [1.807, 2.05) is 35.2 Å². The minimum absolute atomic E-state index is 0.0274. The van der Waals surface area contributed by atoms with Gasteiger partial charge in [-0.05, 0) is 29.8 Å². The van der Waals surface area contributed by atoms with Crippen molar-refractivity contribution in [2.24, 2.45) is 5.92 Å². The number of nitrogens with zero attached hydrogens (tertiary/aromatic N) is 3. The Kier molecular flexibility index (Phi) is 5.61. The normalized spacial score (nSPS) is 20.7. The van der Waals surface area contributed by atoms with Crippen LogP contribution in [0, 0.1) is 5.92 Å². The maximum atomic E-state index is 13.1. The molecule has 2 aromatic carbocycles. The maximum absolute atomic E-state index is 13.1. The van der Waals surface area contributed by atoms with Crippen molar-refractivity contribution in [3.8, 4) is 17.2 Å². The number of carbonyl (C=O) groups is 2. The Hall–Kier alpha value is -3.26. The van der Waals surface area contributed by atoms with Crippen molar-refractivity contribution in [1.29, 1.82) is 0 Å². The summed E-state index contributed by atoms with van der Waals surface area (Å²) in [5.74, 6) is 1.91. The number of anilines is 1. The average Bonchev–Trinajstić information content (AvgIpc) is 3.45. The lowest BCUT2D eigenvalue weighted by molar-refractivity contribution is -0.137. The van der Waals surface area contributed by atoms with E-state index in [9.17, 15) is 9.59 Å². The van der Waals surface area contributed by atoms with Gasteiger partial charge in [-0.15, -0.1) is 0 Å². The van der Waals surface area contributed by atoms with Gasteiger partial charge >= 0.3 is 0 Å². The van der Waals surface area contributed by atoms with Crippen LogP contribution in [0.2, 0.25) is 0 Å². The minimum Gasteiger partial charge on any atom is -0.497 e. The standard InChI is InChI=1S/C24H27N3O5/c1-30-20-5-2-17(3-6-20)14-25-8-10-26(11-9-25)24(29)18-12-23(28)27(15-18)19-4-7-21-22(13-19)32-16-31-21/h2-7,13,18H,8-12,14-16H2,1H3. The number of carbonyl (C=O) groups excluding carboxylic acids is 2. The number of benzene rings is 2. The molecule has 2 fully saturated rings. The molecule has 8 nitrogen and oxygen atoms in total. The monoisotopic (exact) mass is 437 g/mol. The van der Waals surface area contributed by atoms with Gasteiger partial charge in [-0.2, -0.15) is 0 Å². The smallest absolute Gasteiger partial charge is 0.231 e. The van der Waals surface area contributed by atoms with E-state index in [1.54, 1.807) is 12.0 Å². The third-order valence-electron chi connectivity index (χ3n) is 6.39.